The Hall–Kier alpha value is -2.07. The number of unbranched alkanes of at least 4 members (excludes halogenated alkanes) is 1. The molecule has 1 aliphatic heterocycles. The SMILES string of the molecule is CCCCc1cc2n(c1)C(C(=O)c1cccc(Cl)c1)CCC2C(=O)O. The number of rotatable bonds is 6. The fourth-order valence-corrected chi connectivity index (χ4v) is 3.77. The van der Waals surface area contributed by atoms with E-state index >= 15 is 0 Å². The third-order valence-corrected chi connectivity index (χ3v) is 5.12. The fourth-order valence-electron chi connectivity index (χ4n) is 3.58. The summed E-state index contributed by atoms with van der Waals surface area (Å²) in [6, 6.07) is 8.55. The Labute approximate surface area is 152 Å². The minimum absolute atomic E-state index is 0.00905. The van der Waals surface area contributed by atoms with Crippen molar-refractivity contribution in [2.45, 2.75) is 51.0 Å². The van der Waals surface area contributed by atoms with Gasteiger partial charge in [0.1, 0.15) is 0 Å². The van der Waals surface area contributed by atoms with Gasteiger partial charge in [-0.25, -0.2) is 0 Å². The van der Waals surface area contributed by atoms with Gasteiger partial charge in [0.15, 0.2) is 5.78 Å². The third-order valence-electron chi connectivity index (χ3n) is 4.89. The van der Waals surface area contributed by atoms with E-state index in [9.17, 15) is 14.7 Å². The first kappa shape index (κ1) is 17.7. The first-order valence-electron chi connectivity index (χ1n) is 8.74. The van der Waals surface area contributed by atoms with Gasteiger partial charge in [0.2, 0.25) is 0 Å². The van der Waals surface area contributed by atoms with Gasteiger partial charge in [-0.15, -0.1) is 0 Å². The average Bonchev–Trinajstić information content (AvgIpc) is 3.02. The van der Waals surface area contributed by atoms with Crippen molar-refractivity contribution in [3.8, 4) is 0 Å². The fraction of sp³-hybridized carbons (Fsp3) is 0.400. The molecule has 5 heteroatoms. The molecule has 3 rings (SSSR count). The number of aliphatic carboxylic acids is 1. The minimum Gasteiger partial charge on any atom is -0.481 e. The van der Waals surface area contributed by atoms with Crippen LogP contribution in [-0.4, -0.2) is 21.4 Å². The number of aromatic nitrogens is 1. The van der Waals surface area contributed by atoms with Gasteiger partial charge in [0.05, 0.1) is 12.0 Å². The molecule has 0 amide bonds. The Morgan fingerprint density at radius 3 is 2.76 bits per heavy atom. The number of carbonyl (C=O) groups is 2. The number of aryl methyl sites for hydroxylation is 1. The van der Waals surface area contributed by atoms with Crippen LogP contribution < -0.4 is 0 Å². The molecule has 2 unspecified atom stereocenters. The second-order valence-corrected chi connectivity index (χ2v) is 7.08. The summed E-state index contributed by atoms with van der Waals surface area (Å²) in [7, 11) is 0. The molecule has 2 aromatic rings. The van der Waals surface area contributed by atoms with E-state index in [2.05, 4.69) is 6.92 Å². The number of carboxylic acids is 1. The highest BCUT2D eigenvalue weighted by atomic mass is 35.5. The van der Waals surface area contributed by atoms with Gasteiger partial charge in [-0.2, -0.15) is 0 Å². The second kappa shape index (κ2) is 7.44. The van der Waals surface area contributed by atoms with E-state index in [1.165, 1.54) is 0 Å². The van der Waals surface area contributed by atoms with Crippen LogP contribution in [0.1, 0.15) is 66.2 Å². The normalized spacial score (nSPS) is 19.4. The molecule has 0 fully saturated rings. The van der Waals surface area contributed by atoms with Gasteiger partial charge in [0.25, 0.3) is 0 Å². The summed E-state index contributed by atoms with van der Waals surface area (Å²) in [4.78, 5) is 24.6. The number of carbonyl (C=O) groups excluding carboxylic acids is 1. The maximum Gasteiger partial charge on any atom is 0.312 e. The number of hydrogen-bond acceptors (Lipinski definition) is 2. The molecule has 0 saturated carbocycles. The van der Waals surface area contributed by atoms with Crippen molar-refractivity contribution >= 4 is 23.4 Å². The van der Waals surface area contributed by atoms with Crippen LogP contribution in [0.5, 0.6) is 0 Å². The highest BCUT2D eigenvalue weighted by Crippen LogP contribution is 2.37. The number of carboxylic acid groups (broad SMARTS) is 1. The van der Waals surface area contributed by atoms with Crippen LogP contribution in [-0.2, 0) is 11.2 Å². The van der Waals surface area contributed by atoms with Crippen molar-refractivity contribution in [1.29, 1.82) is 0 Å². The highest BCUT2D eigenvalue weighted by molar-refractivity contribution is 6.31. The van der Waals surface area contributed by atoms with E-state index in [-0.39, 0.29) is 11.8 Å². The molecule has 4 nitrogen and oxygen atoms in total. The predicted octanol–water partition coefficient (Wildman–Crippen LogP) is 4.87. The number of halogens is 1. The smallest absolute Gasteiger partial charge is 0.312 e. The zero-order chi connectivity index (χ0) is 18.0. The average molecular weight is 360 g/mol. The molecule has 1 N–H and O–H groups in total. The number of nitrogens with zero attached hydrogens (tertiary/aromatic N) is 1. The summed E-state index contributed by atoms with van der Waals surface area (Å²) in [5.41, 5.74) is 2.42. The van der Waals surface area contributed by atoms with Gasteiger partial charge in [-0.3, -0.25) is 9.59 Å². The maximum atomic E-state index is 13.0. The highest BCUT2D eigenvalue weighted by Gasteiger charge is 2.35. The lowest BCUT2D eigenvalue weighted by atomic mass is 9.88. The molecule has 1 aromatic carbocycles. The molecule has 0 saturated heterocycles. The maximum absolute atomic E-state index is 13.0. The molecular formula is C20H22ClNO3. The lowest BCUT2D eigenvalue weighted by molar-refractivity contribution is -0.139. The lowest BCUT2D eigenvalue weighted by Gasteiger charge is -2.29. The Morgan fingerprint density at radius 1 is 1.28 bits per heavy atom. The molecular weight excluding hydrogens is 338 g/mol. The number of benzene rings is 1. The van der Waals surface area contributed by atoms with Crippen LogP contribution in [0, 0.1) is 0 Å². The van der Waals surface area contributed by atoms with Crippen LogP contribution in [0.3, 0.4) is 0 Å². The summed E-state index contributed by atoms with van der Waals surface area (Å²) < 4.78 is 1.89. The molecule has 0 radical (unpaired) electrons. The van der Waals surface area contributed by atoms with E-state index < -0.39 is 11.9 Å². The summed E-state index contributed by atoms with van der Waals surface area (Å²) in [6.45, 7) is 2.13. The van der Waals surface area contributed by atoms with Crippen LogP contribution >= 0.6 is 11.6 Å². The van der Waals surface area contributed by atoms with Gasteiger partial charge in [0, 0.05) is 22.5 Å². The molecule has 1 aromatic heterocycles. The molecule has 2 heterocycles. The number of hydrogen-bond donors (Lipinski definition) is 1. The van der Waals surface area contributed by atoms with Crippen molar-refractivity contribution in [3.63, 3.8) is 0 Å². The van der Waals surface area contributed by atoms with E-state index in [4.69, 9.17) is 11.6 Å². The summed E-state index contributed by atoms with van der Waals surface area (Å²) in [5.74, 6) is -1.38. The quantitative estimate of drug-likeness (QED) is 0.748. The van der Waals surface area contributed by atoms with Crippen molar-refractivity contribution < 1.29 is 14.7 Å². The van der Waals surface area contributed by atoms with Crippen LogP contribution in [0.15, 0.2) is 36.5 Å². The van der Waals surface area contributed by atoms with Gasteiger partial charge in [-0.05, 0) is 49.4 Å². The predicted molar refractivity (Wildman–Crippen MR) is 97.5 cm³/mol. The van der Waals surface area contributed by atoms with Gasteiger partial charge < -0.3 is 9.67 Å². The van der Waals surface area contributed by atoms with Crippen LogP contribution in [0.25, 0.3) is 0 Å². The zero-order valence-electron chi connectivity index (χ0n) is 14.2. The molecule has 132 valence electrons. The van der Waals surface area contributed by atoms with Crippen molar-refractivity contribution in [3.05, 3.63) is 58.4 Å². The molecule has 1 aliphatic rings. The standard InChI is InChI=1S/C20H22ClNO3/c1-2-3-5-13-10-18-16(20(24)25)8-9-17(22(18)12-13)19(23)14-6-4-7-15(21)11-14/h4,6-7,10-12,16-17H,2-3,5,8-9H2,1H3,(H,24,25). The van der Waals surface area contributed by atoms with Crippen molar-refractivity contribution in [2.75, 3.05) is 0 Å². The second-order valence-electron chi connectivity index (χ2n) is 6.64. The summed E-state index contributed by atoms with van der Waals surface area (Å²) in [6.07, 6.45) is 6.00. The van der Waals surface area contributed by atoms with Crippen LogP contribution in [0.2, 0.25) is 5.02 Å². The Morgan fingerprint density at radius 2 is 2.08 bits per heavy atom. The van der Waals surface area contributed by atoms with E-state index in [1.807, 2.05) is 16.8 Å². The van der Waals surface area contributed by atoms with Crippen molar-refractivity contribution in [1.82, 2.24) is 4.57 Å². The number of ketones is 1. The number of Topliss-reactive ketones (excluding diaryl/α,β-unsaturated/α-hetero) is 1. The monoisotopic (exact) mass is 359 g/mol. The number of fused-ring (bicyclic) bond motifs is 1. The van der Waals surface area contributed by atoms with E-state index in [0.29, 0.717) is 23.4 Å². The van der Waals surface area contributed by atoms with Crippen LogP contribution in [0.4, 0.5) is 0 Å². The lowest BCUT2D eigenvalue weighted by Crippen LogP contribution is -2.29. The Bertz CT molecular complexity index is 796. The third kappa shape index (κ3) is 3.64. The molecule has 0 spiro atoms. The summed E-state index contributed by atoms with van der Waals surface area (Å²) in [5, 5.41) is 10.1. The van der Waals surface area contributed by atoms with E-state index in [1.54, 1.807) is 24.3 Å². The zero-order valence-corrected chi connectivity index (χ0v) is 15.0. The topological polar surface area (TPSA) is 59.3 Å². The largest absolute Gasteiger partial charge is 0.481 e. The van der Waals surface area contributed by atoms with Gasteiger partial charge in [-0.1, -0.05) is 37.1 Å². The Kier molecular flexibility index (Phi) is 5.28. The first-order valence-corrected chi connectivity index (χ1v) is 9.12. The summed E-state index contributed by atoms with van der Waals surface area (Å²) >= 11 is 6.02. The van der Waals surface area contributed by atoms with Crippen molar-refractivity contribution in [2.24, 2.45) is 0 Å². The van der Waals surface area contributed by atoms with Gasteiger partial charge >= 0.3 is 5.97 Å². The molecule has 25 heavy (non-hydrogen) atoms. The molecule has 0 bridgehead atoms. The molecule has 2 atom stereocenters. The molecule has 0 aliphatic carbocycles. The first-order chi connectivity index (χ1) is 12.0. The Balaban J connectivity index is 1.97. The minimum atomic E-state index is -0.824. The van der Waals surface area contributed by atoms with E-state index in [0.717, 1.165) is 30.5 Å².